The highest BCUT2D eigenvalue weighted by Gasteiger charge is 2.14. The molecule has 0 saturated heterocycles. The molecule has 7 heteroatoms. The molecule has 0 spiro atoms. The summed E-state index contributed by atoms with van der Waals surface area (Å²) in [6.07, 6.45) is -2.41. The van der Waals surface area contributed by atoms with Gasteiger partial charge >= 0.3 is 0 Å². The van der Waals surface area contributed by atoms with Crippen LogP contribution in [0.1, 0.15) is 5.56 Å². The molecular weight excluding hydrogens is 298 g/mol. The third-order valence-electron chi connectivity index (χ3n) is 2.11. The van der Waals surface area contributed by atoms with Crippen LogP contribution in [-0.2, 0) is 6.54 Å². The maximum atomic E-state index is 12.1. The maximum absolute atomic E-state index is 12.1. The summed E-state index contributed by atoms with van der Waals surface area (Å²) in [6, 6.07) is 4.59. The first-order valence-corrected chi connectivity index (χ1v) is 5.59. The normalized spacial score (nSPS) is 11.2. The number of rotatable bonds is 5. The van der Waals surface area contributed by atoms with E-state index in [-0.39, 0.29) is 18.8 Å². The molecule has 94 valence electrons. The van der Waals surface area contributed by atoms with E-state index in [1.165, 1.54) is 11.0 Å². The summed E-state index contributed by atoms with van der Waals surface area (Å²) in [6.45, 7) is -0.109. The molecule has 0 atom stereocenters. The summed E-state index contributed by atoms with van der Waals surface area (Å²) in [5.41, 5.74) is 0.566. The number of hydrogen-bond donors (Lipinski definition) is 0. The van der Waals surface area contributed by atoms with Gasteiger partial charge in [0, 0.05) is 12.6 Å². The van der Waals surface area contributed by atoms with Crippen LogP contribution in [0.25, 0.3) is 0 Å². The minimum atomic E-state index is -2.41. The van der Waals surface area contributed by atoms with Crippen LogP contribution in [0.2, 0.25) is 0 Å². The van der Waals surface area contributed by atoms with Crippen molar-refractivity contribution in [1.82, 2.24) is 4.90 Å². The largest absolute Gasteiger partial charge is 0.297 e. The fourth-order valence-electron chi connectivity index (χ4n) is 1.41. The van der Waals surface area contributed by atoms with Crippen molar-refractivity contribution in [3.8, 4) is 0 Å². The number of nitro groups is 1. The standard InChI is InChI=1S/C10H11BrF2N2O2/c1-14(6-10(12)13)5-7-2-3-8(11)9(4-7)15(16)17/h2-4,10H,5-6H2,1H3. The summed E-state index contributed by atoms with van der Waals surface area (Å²) in [4.78, 5) is 11.6. The Morgan fingerprint density at radius 3 is 2.71 bits per heavy atom. The molecule has 1 rings (SSSR count). The fraction of sp³-hybridized carbons (Fsp3) is 0.400. The van der Waals surface area contributed by atoms with Crippen LogP contribution in [0.4, 0.5) is 14.5 Å². The van der Waals surface area contributed by atoms with E-state index in [1.807, 2.05) is 0 Å². The number of nitro benzene ring substituents is 1. The molecule has 1 aromatic rings. The van der Waals surface area contributed by atoms with E-state index in [0.29, 0.717) is 10.0 Å². The Kier molecular flexibility index (Phi) is 4.95. The van der Waals surface area contributed by atoms with Crippen LogP contribution in [-0.4, -0.2) is 29.8 Å². The molecule has 0 aliphatic carbocycles. The summed E-state index contributed by atoms with van der Waals surface area (Å²) in [5.74, 6) is 0. The molecule has 0 unspecified atom stereocenters. The van der Waals surface area contributed by atoms with Crippen molar-refractivity contribution in [3.63, 3.8) is 0 Å². The lowest BCUT2D eigenvalue weighted by molar-refractivity contribution is -0.385. The molecule has 0 amide bonds. The average Bonchev–Trinajstić information content (AvgIpc) is 2.19. The number of hydrogen-bond acceptors (Lipinski definition) is 3. The van der Waals surface area contributed by atoms with E-state index in [4.69, 9.17) is 0 Å². The highest BCUT2D eigenvalue weighted by molar-refractivity contribution is 9.10. The molecule has 0 N–H and O–H groups in total. The summed E-state index contributed by atoms with van der Waals surface area (Å²) in [5, 5.41) is 10.7. The third-order valence-corrected chi connectivity index (χ3v) is 2.78. The first kappa shape index (κ1) is 14.0. The van der Waals surface area contributed by atoms with Gasteiger partial charge in [-0.25, -0.2) is 8.78 Å². The number of alkyl halides is 2. The Morgan fingerprint density at radius 2 is 2.18 bits per heavy atom. The average molecular weight is 309 g/mol. The first-order chi connectivity index (χ1) is 7.90. The van der Waals surface area contributed by atoms with Crippen LogP contribution >= 0.6 is 15.9 Å². The van der Waals surface area contributed by atoms with Gasteiger partial charge in [0.25, 0.3) is 12.1 Å². The quantitative estimate of drug-likeness (QED) is 0.620. The Bertz CT molecular complexity index is 415. The predicted octanol–water partition coefficient (Wildman–Crippen LogP) is 3.05. The monoisotopic (exact) mass is 308 g/mol. The molecule has 0 aromatic heterocycles. The second-order valence-corrected chi connectivity index (χ2v) is 4.49. The molecule has 1 aromatic carbocycles. The SMILES string of the molecule is CN(Cc1ccc(Br)c([N+](=O)[O-])c1)CC(F)F. The van der Waals surface area contributed by atoms with Crippen molar-refractivity contribution in [2.45, 2.75) is 13.0 Å². The minimum absolute atomic E-state index is 0.0621. The lowest BCUT2D eigenvalue weighted by atomic mass is 10.2. The fourth-order valence-corrected chi connectivity index (χ4v) is 1.80. The van der Waals surface area contributed by atoms with E-state index in [2.05, 4.69) is 15.9 Å². The minimum Gasteiger partial charge on any atom is -0.297 e. The lowest BCUT2D eigenvalue weighted by Gasteiger charge is -2.15. The molecule has 0 aliphatic heterocycles. The van der Waals surface area contributed by atoms with Crippen molar-refractivity contribution in [3.05, 3.63) is 38.3 Å². The van der Waals surface area contributed by atoms with Gasteiger partial charge in [0.2, 0.25) is 0 Å². The van der Waals surface area contributed by atoms with Crippen LogP contribution in [0.15, 0.2) is 22.7 Å². The van der Waals surface area contributed by atoms with Gasteiger partial charge in [0.1, 0.15) is 0 Å². The van der Waals surface area contributed by atoms with E-state index < -0.39 is 11.3 Å². The van der Waals surface area contributed by atoms with Gasteiger partial charge in [-0.1, -0.05) is 6.07 Å². The highest BCUT2D eigenvalue weighted by atomic mass is 79.9. The number of halogens is 3. The first-order valence-electron chi connectivity index (χ1n) is 4.79. The Hall–Kier alpha value is -1.08. The van der Waals surface area contributed by atoms with Crippen LogP contribution in [0.3, 0.4) is 0 Å². The highest BCUT2D eigenvalue weighted by Crippen LogP contribution is 2.26. The predicted molar refractivity (Wildman–Crippen MR) is 63.1 cm³/mol. The Balaban J connectivity index is 2.79. The molecule has 0 bridgehead atoms. The van der Waals surface area contributed by atoms with Gasteiger partial charge < -0.3 is 0 Å². The molecule has 0 fully saturated rings. The molecule has 0 aliphatic rings. The van der Waals surface area contributed by atoms with Crippen molar-refractivity contribution >= 4 is 21.6 Å². The zero-order chi connectivity index (χ0) is 13.0. The van der Waals surface area contributed by atoms with Gasteiger partial charge in [-0.3, -0.25) is 15.0 Å². The molecule has 0 heterocycles. The van der Waals surface area contributed by atoms with Gasteiger partial charge in [0.15, 0.2) is 0 Å². The summed E-state index contributed by atoms with van der Waals surface area (Å²) < 4.78 is 24.6. The molecule has 17 heavy (non-hydrogen) atoms. The van der Waals surface area contributed by atoms with E-state index in [0.717, 1.165) is 0 Å². The molecule has 0 saturated carbocycles. The lowest BCUT2D eigenvalue weighted by Crippen LogP contribution is -2.24. The van der Waals surface area contributed by atoms with Gasteiger partial charge in [0.05, 0.1) is 15.9 Å². The van der Waals surface area contributed by atoms with Crippen LogP contribution in [0, 0.1) is 10.1 Å². The van der Waals surface area contributed by atoms with Gasteiger partial charge in [-0.2, -0.15) is 0 Å². The van der Waals surface area contributed by atoms with Crippen LogP contribution in [0.5, 0.6) is 0 Å². The smallest absolute Gasteiger partial charge is 0.283 e. The van der Waals surface area contributed by atoms with Gasteiger partial charge in [-0.05, 0) is 34.6 Å². The molecular formula is C10H11BrF2N2O2. The van der Waals surface area contributed by atoms with E-state index in [9.17, 15) is 18.9 Å². The Labute approximate surface area is 106 Å². The number of nitrogens with zero attached hydrogens (tertiary/aromatic N) is 2. The molecule has 4 nitrogen and oxygen atoms in total. The molecule has 0 radical (unpaired) electrons. The Morgan fingerprint density at radius 1 is 1.53 bits per heavy atom. The van der Waals surface area contributed by atoms with Gasteiger partial charge in [-0.15, -0.1) is 0 Å². The third kappa shape index (κ3) is 4.35. The topological polar surface area (TPSA) is 46.4 Å². The maximum Gasteiger partial charge on any atom is 0.283 e. The van der Waals surface area contributed by atoms with Crippen molar-refractivity contribution < 1.29 is 13.7 Å². The second-order valence-electron chi connectivity index (χ2n) is 3.63. The van der Waals surface area contributed by atoms with Crippen LogP contribution < -0.4 is 0 Å². The van der Waals surface area contributed by atoms with Crippen molar-refractivity contribution in [2.24, 2.45) is 0 Å². The number of benzene rings is 1. The van der Waals surface area contributed by atoms with Crippen molar-refractivity contribution in [1.29, 1.82) is 0 Å². The zero-order valence-electron chi connectivity index (χ0n) is 9.07. The second kappa shape index (κ2) is 6.02. The van der Waals surface area contributed by atoms with E-state index in [1.54, 1.807) is 19.2 Å². The van der Waals surface area contributed by atoms with E-state index >= 15 is 0 Å². The summed E-state index contributed by atoms with van der Waals surface area (Å²) in [7, 11) is 1.54. The zero-order valence-corrected chi connectivity index (χ0v) is 10.7. The van der Waals surface area contributed by atoms with Crippen molar-refractivity contribution in [2.75, 3.05) is 13.6 Å². The summed E-state index contributed by atoms with van der Waals surface area (Å²) >= 11 is 3.06.